The number of rotatable bonds is 5. The summed E-state index contributed by atoms with van der Waals surface area (Å²) in [7, 11) is 0. The predicted molar refractivity (Wildman–Crippen MR) is 62.2 cm³/mol. The molecule has 17 heavy (non-hydrogen) atoms. The second-order valence-corrected chi connectivity index (χ2v) is 3.82. The Bertz CT molecular complexity index is 456. The van der Waals surface area contributed by atoms with Crippen LogP contribution < -0.4 is 5.73 Å². The van der Waals surface area contributed by atoms with Gasteiger partial charge in [-0.25, -0.2) is 0 Å². The summed E-state index contributed by atoms with van der Waals surface area (Å²) in [4.78, 5) is 4.13. The first kappa shape index (κ1) is 11.8. The molecule has 0 amide bonds. The molecule has 90 valence electrons. The molecule has 5 heteroatoms. The van der Waals surface area contributed by atoms with Crippen LogP contribution in [0.15, 0.2) is 34.9 Å². The molecule has 0 fully saturated rings. The van der Waals surface area contributed by atoms with E-state index in [1.807, 2.05) is 30.3 Å². The Morgan fingerprint density at radius 2 is 2.06 bits per heavy atom. The number of hydrogen-bond acceptors (Lipinski definition) is 5. The van der Waals surface area contributed by atoms with Gasteiger partial charge in [0.15, 0.2) is 5.82 Å². The zero-order chi connectivity index (χ0) is 12.1. The number of aromatic nitrogens is 2. The molecular formula is C12H15N3O2. The minimum Gasteiger partial charge on any atom is -0.396 e. The van der Waals surface area contributed by atoms with Crippen LogP contribution in [0.3, 0.4) is 0 Å². The summed E-state index contributed by atoms with van der Waals surface area (Å²) in [5, 5.41) is 12.5. The van der Waals surface area contributed by atoms with Crippen molar-refractivity contribution in [2.75, 3.05) is 6.61 Å². The molecule has 0 aliphatic carbocycles. The van der Waals surface area contributed by atoms with E-state index < -0.39 is 0 Å². The highest BCUT2D eigenvalue weighted by atomic mass is 16.5. The van der Waals surface area contributed by atoms with Crippen LogP contribution in [0, 0.1) is 0 Å². The van der Waals surface area contributed by atoms with E-state index >= 15 is 0 Å². The van der Waals surface area contributed by atoms with E-state index in [4.69, 9.17) is 15.4 Å². The topological polar surface area (TPSA) is 85.2 Å². The summed E-state index contributed by atoms with van der Waals surface area (Å²) in [6.07, 6.45) is 1.04. The summed E-state index contributed by atoms with van der Waals surface area (Å²) in [6.45, 7) is 0.00684. The Kier molecular flexibility index (Phi) is 3.85. The van der Waals surface area contributed by atoms with E-state index in [0.717, 1.165) is 5.56 Å². The van der Waals surface area contributed by atoms with Crippen molar-refractivity contribution in [2.24, 2.45) is 5.73 Å². The Labute approximate surface area is 99.3 Å². The molecule has 0 radical (unpaired) electrons. The van der Waals surface area contributed by atoms with Gasteiger partial charge in [-0.05, 0) is 12.0 Å². The van der Waals surface area contributed by atoms with E-state index in [9.17, 15) is 0 Å². The summed E-state index contributed by atoms with van der Waals surface area (Å²) in [5.41, 5.74) is 7.10. The van der Waals surface area contributed by atoms with Gasteiger partial charge in [-0.15, -0.1) is 0 Å². The van der Waals surface area contributed by atoms with Gasteiger partial charge in [0.05, 0.1) is 12.6 Å². The molecule has 0 aliphatic rings. The van der Waals surface area contributed by atoms with Crippen LogP contribution in [0.4, 0.5) is 0 Å². The molecule has 0 saturated heterocycles. The monoisotopic (exact) mass is 233 g/mol. The van der Waals surface area contributed by atoms with Crippen LogP contribution in [-0.2, 0) is 12.8 Å². The maximum absolute atomic E-state index is 8.75. The van der Waals surface area contributed by atoms with Gasteiger partial charge in [-0.3, -0.25) is 0 Å². The fourth-order valence-corrected chi connectivity index (χ4v) is 1.57. The van der Waals surface area contributed by atoms with Crippen molar-refractivity contribution in [3.63, 3.8) is 0 Å². The quantitative estimate of drug-likeness (QED) is 0.799. The van der Waals surface area contributed by atoms with Crippen molar-refractivity contribution < 1.29 is 9.63 Å². The Hall–Kier alpha value is -1.72. The zero-order valence-electron chi connectivity index (χ0n) is 9.41. The van der Waals surface area contributed by atoms with Gasteiger partial charge in [0.25, 0.3) is 0 Å². The van der Waals surface area contributed by atoms with E-state index in [1.54, 1.807) is 0 Å². The lowest BCUT2D eigenvalue weighted by Gasteiger charge is -2.05. The number of hydrogen-bond donors (Lipinski definition) is 2. The fourth-order valence-electron chi connectivity index (χ4n) is 1.57. The minimum absolute atomic E-state index is 0.00684. The molecule has 5 nitrogen and oxygen atoms in total. The predicted octanol–water partition coefficient (Wildman–Crippen LogP) is 0.847. The molecular weight excluding hydrogens is 218 g/mol. The molecule has 3 N–H and O–H groups in total. The van der Waals surface area contributed by atoms with Crippen LogP contribution in [0.5, 0.6) is 0 Å². The molecule has 0 spiro atoms. The maximum atomic E-state index is 8.75. The molecule has 0 unspecified atom stereocenters. The van der Waals surface area contributed by atoms with E-state index in [2.05, 4.69) is 10.1 Å². The van der Waals surface area contributed by atoms with Crippen LogP contribution in [-0.4, -0.2) is 21.9 Å². The third-order valence-corrected chi connectivity index (χ3v) is 2.43. The Morgan fingerprint density at radius 3 is 2.76 bits per heavy atom. The van der Waals surface area contributed by atoms with Gasteiger partial charge in [-0.1, -0.05) is 35.5 Å². The second-order valence-electron chi connectivity index (χ2n) is 3.82. The first-order chi connectivity index (χ1) is 8.29. The Balaban J connectivity index is 2.01. The maximum Gasteiger partial charge on any atom is 0.243 e. The molecule has 0 aliphatic heterocycles. The summed E-state index contributed by atoms with van der Waals surface area (Å²) >= 11 is 0. The molecule has 2 rings (SSSR count). The molecule has 1 aromatic carbocycles. The summed E-state index contributed by atoms with van der Waals surface area (Å²) in [5.74, 6) is 0.906. The van der Waals surface area contributed by atoms with Crippen LogP contribution in [0.1, 0.15) is 23.3 Å². The molecule has 1 atom stereocenters. The van der Waals surface area contributed by atoms with Crippen molar-refractivity contribution in [3.8, 4) is 0 Å². The van der Waals surface area contributed by atoms with Crippen molar-refractivity contribution in [3.05, 3.63) is 47.6 Å². The van der Waals surface area contributed by atoms with Crippen LogP contribution >= 0.6 is 0 Å². The first-order valence-corrected chi connectivity index (χ1v) is 5.52. The van der Waals surface area contributed by atoms with Crippen LogP contribution in [0.25, 0.3) is 0 Å². The van der Waals surface area contributed by atoms with E-state index in [0.29, 0.717) is 24.6 Å². The van der Waals surface area contributed by atoms with Gasteiger partial charge >= 0.3 is 0 Å². The summed E-state index contributed by atoms with van der Waals surface area (Å²) in [6, 6.07) is 9.59. The first-order valence-electron chi connectivity index (χ1n) is 5.52. The van der Waals surface area contributed by atoms with Gasteiger partial charge in [0.2, 0.25) is 5.89 Å². The second kappa shape index (κ2) is 5.56. The average molecular weight is 233 g/mol. The lowest BCUT2D eigenvalue weighted by Crippen LogP contribution is -2.13. The van der Waals surface area contributed by atoms with Crippen molar-refractivity contribution in [1.82, 2.24) is 10.1 Å². The highest BCUT2D eigenvalue weighted by Gasteiger charge is 2.14. The highest BCUT2D eigenvalue weighted by molar-refractivity contribution is 5.16. The third kappa shape index (κ3) is 3.12. The van der Waals surface area contributed by atoms with Gasteiger partial charge < -0.3 is 15.4 Å². The average Bonchev–Trinajstić information content (AvgIpc) is 2.79. The van der Waals surface area contributed by atoms with Crippen molar-refractivity contribution >= 4 is 0 Å². The van der Waals surface area contributed by atoms with Crippen molar-refractivity contribution in [1.29, 1.82) is 0 Å². The van der Waals surface area contributed by atoms with Crippen molar-refractivity contribution in [2.45, 2.75) is 18.9 Å². The SMILES string of the molecule is N[C@H](Cc1ccccc1)c1nc(CCO)no1. The molecule has 0 saturated carbocycles. The molecule has 2 aromatic rings. The summed E-state index contributed by atoms with van der Waals surface area (Å²) < 4.78 is 5.05. The van der Waals surface area contributed by atoms with Gasteiger partial charge in [0.1, 0.15) is 0 Å². The standard InChI is InChI=1S/C12H15N3O2/c13-10(8-9-4-2-1-3-5-9)12-14-11(6-7-16)15-17-12/h1-5,10,16H,6-8,13H2/t10-/m1/s1. The zero-order valence-corrected chi connectivity index (χ0v) is 9.41. The normalized spacial score (nSPS) is 12.6. The Morgan fingerprint density at radius 1 is 1.29 bits per heavy atom. The number of aliphatic hydroxyl groups excluding tert-OH is 1. The third-order valence-electron chi connectivity index (χ3n) is 2.43. The highest BCUT2D eigenvalue weighted by Crippen LogP contribution is 2.14. The smallest absolute Gasteiger partial charge is 0.243 e. The molecule has 1 heterocycles. The van der Waals surface area contributed by atoms with E-state index in [-0.39, 0.29) is 12.6 Å². The van der Waals surface area contributed by atoms with Crippen LogP contribution in [0.2, 0.25) is 0 Å². The fraction of sp³-hybridized carbons (Fsp3) is 0.333. The van der Waals surface area contributed by atoms with E-state index in [1.165, 1.54) is 0 Å². The number of aliphatic hydroxyl groups is 1. The number of nitrogens with zero attached hydrogens (tertiary/aromatic N) is 2. The van der Waals surface area contributed by atoms with Gasteiger partial charge in [0, 0.05) is 6.42 Å². The molecule has 1 aromatic heterocycles. The largest absolute Gasteiger partial charge is 0.396 e. The lowest BCUT2D eigenvalue weighted by molar-refractivity contribution is 0.292. The molecule has 0 bridgehead atoms. The number of nitrogens with two attached hydrogens (primary N) is 1. The lowest BCUT2D eigenvalue weighted by atomic mass is 10.1. The minimum atomic E-state index is -0.308. The van der Waals surface area contributed by atoms with Gasteiger partial charge in [-0.2, -0.15) is 4.98 Å². The number of benzene rings is 1.